The molecule has 4 nitrogen and oxygen atoms in total. The molecule has 0 bridgehead atoms. The van der Waals surface area contributed by atoms with E-state index in [2.05, 4.69) is 18.8 Å². The molecule has 0 N–H and O–H groups in total. The van der Waals surface area contributed by atoms with Gasteiger partial charge in [0.15, 0.2) is 0 Å². The van der Waals surface area contributed by atoms with E-state index in [-0.39, 0.29) is 22.6 Å². The fourth-order valence-electron chi connectivity index (χ4n) is 4.21. The summed E-state index contributed by atoms with van der Waals surface area (Å²) in [7, 11) is 0. The first-order valence-corrected chi connectivity index (χ1v) is 11.8. The van der Waals surface area contributed by atoms with E-state index in [4.69, 9.17) is 9.15 Å². The molecule has 0 spiro atoms. The van der Waals surface area contributed by atoms with Gasteiger partial charge in [0, 0.05) is 10.7 Å². The molecule has 3 atom stereocenters. The van der Waals surface area contributed by atoms with Crippen LogP contribution in [-0.4, -0.2) is 15.8 Å². The van der Waals surface area contributed by atoms with Gasteiger partial charge in [-0.3, -0.25) is 0 Å². The quantitative estimate of drug-likeness (QED) is 0.360. The summed E-state index contributed by atoms with van der Waals surface area (Å²) < 4.78 is 11.5. The second-order valence-corrected chi connectivity index (χ2v) is 9.76. The molecule has 0 amide bonds. The SMILES string of the molecule is CCCCCCCC12CC1c1c(nc(OC(C)CCCCCC)oc1=O)S2. The highest BCUT2D eigenvalue weighted by Gasteiger charge is 2.62. The van der Waals surface area contributed by atoms with Gasteiger partial charge in [-0.15, -0.1) is 0 Å². The summed E-state index contributed by atoms with van der Waals surface area (Å²) in [5.41, 5.74) is 0.590. The van der Waals surface area contributed by atoms with Gasteiger partial charge in [0.2, 0.25) is 0 Å². The maximum atomic E-state index is 12.5. The third kappa shape index (κ3) is 5.10. The zero-order valence-corrected chi connectivity index (χ0v) is 18.0. The molecule has 2 heterocycles. The minimum Gasteiger partial charge on any atom is -0.447 e. The van der Waals surface area contributed by atoms with Crippen LogP contribution < -0.4 is 10.4 Å². The molecule has 3 rings (SSSR count). The van der Waals surface area contributed by atoms with Crippen molar-refractivity contribution in [2.75, 3.05) is 0 Å². The lowest BCUT2D eigenvalue weighted by atomic mass is 10.1. The number of rotatable bonds is 13. The minimum atomic E-state index is -0.226. The molecule has 1 aromatic rings. The Morgan fingerprint density at radius 2 is 1.85 bits per heavy atom. The van der Waals surface area contributed by atoms with E-state index >= 15 is 0 Å². The van der Waals surface area contributed by atoms with Crippen LogP contribution in [0.3, 0.4) is 0 Å². The highest BCUT2D eigenvalue weighted by Crippen LogP contribution is 2.70. The molecule has 27 heavy (non-hydrogen) atoms. The summed E-state index contributed by atoms with van der Waals surface area (Å²) >= 11 is 1.81. The standard InChI is InChI=1S/C22H35NO3S/c1-4-6-8-10-12-14-22-15-17(22)18-19(27-22)23-21(26-20(18)24)25-16(3)13-11-9-7-5-2/h16-17H,4-15H2,1-3H3. The molecule has 1 aliphatic carbocycles. The van der Waals surface area contributed by atoms with Crippen molar-refractivity contribution in [1.82, 2.24) is 4.98 Å². The van der Waals surface area contributed by atoms with Crippen LogP contribution in [0.25, 0.3) is 0 Å². The summed E-state index contributed by atoms with van der Waals surface area (Å²) in [5.74, 6) is 0.355. The summed E-state index contributed by atoms with van der Waals surface area (Å²) in [6.07, 6.45) is 14.8. The molecule has 0 saturated heterocycles. The van der Waals surface area contributed by atoms with E-state index in [1.807, 2.05) is 6.92 Å². The number of nitrogens with zero attached hydrogens (tertiary/aromatic N) is 1. The number of hydrogen-bond donors (Lipinski definition) is 0. The summed E-state index contributed by atoms with van der Waals surface area (Å²) in [4.78, 5) is 17.1. The molecule has 1 saturated carbocycles. The minimum absolute atomic E-state index is 0.0315. The number of thioether (sulfide) groups is 1. The van der Waals surface area contributed by atoms with Crippen molar-refractivity contribution < 1.29 is 9.15 Å². The Balaban J connectivity index is 1.53. The number of hydrogen-bond acceptors (Lipinski definition) is 5. The maximum Gasteiger partial charge on any atom is 0.397 e. The Kier molecular flexibility index (Phi) is 7.29. The monoisotopic (exact) mass is 393 g/mol. The fourth-order valence-corrected chi connectivity index (χ4v) is 5.81. The topological polar surface area (TPSA) is 52.3 Å². The Morgan fingerprint density at radius 1 is 1.15 bits per heavy atom. The number of unbranched alkanes of at least 4 members (excludes halogenated alkanes) is 7. The van der Waals surface area contributed by atoms with Crippen LogP contribution in [0.4, 0.5) is 0 Å². The van der Waals surface area contributed by atoms with Crippen LogP contribution in [0.1, 0.15) is 109 Å². The second-order valence-electron chi connectivity index (χ2n) is 8.35. The van der Waals surface area contributed by atoms with Crippen LogP contribution in [-0.2, 0) is 0 Å². The highest BCUT2D eigenvalue weighted by molar-refractivity contribution is 8.01. The van der Waals surface area contributed by atoms with Gasteiger partial charge in [-0.05, 0) is 32.6 Å². The molecular formula is C22H35NO3S. The van der Waals surface area contributed by atoms with Crippen molar-refractivity contribution in [2.24, 2.45) is 0 Å². The van der Waals surface area contributed by atoms with Crippen LogP contribution >= 0.6 is 11.8 Å². The average Bonchev–Trinajstić information content (AvgIpc) is 3.22. The zero-order valence-electron chi connectivity index (χ0n) is 17.2. The average molecular weight is 394 g/mol. The van der Waals surface area contributed by atoms with Gasteiger partial charge >= 0.3 is 11.7 Å². The van der Waals surface area contributed by atoms with Gasteiger partial charge in [-0.1, -0.05) is 77.0 Å². The zero-order chi connectivity index (χ0) is 19.3. The van der Waals surface area contributed by atoms with Crippen LogP contribution in [0, 0.1) is 0 Å². The maximum absolute atomic E-state index is 12.5. The van der Waals surface area contributed by atoms with Crippen molar-refractivity contribution in [3.8, 4) is 6.08 Å². The van der Waals surface area contributed by atoms with Gasteiger partial charge in [0.25, 0.3) is 0 Å². The number of aromatic nitrogens is 1. The van der Waals surface area contributed by atoms with Crippen LogP contribution in [0.15, 0.2) is 14.2 Å². The first kappa shape index (κ1) is 20.8. The molecule has 5 heteroatoms. The van der Waals surface area contributed by atoms with Crippen molar-refractivity contribution >= 4 is 11.8 Å². The third-order valence-corrected chi connectivity index (χ3v) is 7.53. The third-order valence-electron chi connectivity index (χ3n) is 5.97. The van der Waals surface area contributed by atoms with Gasteiger partial charge < -0.3 is 9.15 Å². The lowest BCUT2D eigenvalue weighted by molar-refractivity contribution is 0.138. The Morgan fingerprint density at radius 3 is 2.59 bits per heavy atom. The van der Waals surface area contributed by atoms with Crippen LogP contribution in [0.5, 0.6) is 6.08 Å². The smallest absolute Gasteiger partial charge is 0.397 e. The number of ether oxygens (including phenoxy) is 1. The predicted molar refractivity (Wildman–Crippen MR) is 111 cm³/mol. The van der Waals surface area contributed by atoms with E-state index in [1.165, 1.54) is 57.8 Å². The Hall–Kier alpha value is -0.970. The molecule has 0 radical (unpaired) electrons. The van der Waals surface area contributed by atoms with Gasteiger partial charge in [0.05, 0.1) is 5.56 Å². The summed E-state index contributed by atoms with van der Waals surface area (Å²) in [6.45, 7) is 6.49. The number of fused-ring (bicyclic) bond motifs is 3. The van der Waals surface area contributed by atoms with E-state index < -0.39 is 0 Å². The van der Waals surface area contributed by atoms with Crippen molar-refractivity contribution in [3.05, 3.63) is 16.0 Å². The second kappa shape index (κ2) is 9.49. The molecule has 152 valence electrons. The first-order valence-electron chi connectivity index (χ1n) is 11.0. The molecule has 3 unspecified atom stereocenters. The molecule has 1 aromatic heterocycles. The molecule has 1 fully saturated rings. The van der Waals surface area contributed by atoms with Gasteiger partial charge in [-0.2, -0.15) is 4.98 Å². The lowest BCUT2D eigenvalue weighted by Crippen LogP contribution is -2.16. The lowest BCUT2D eigenvalue weighted by Gasteiger charge is -2.13. The van der Waals surface area contributed by atoms with Crippen LogP contribution in [0.2, 0.25) is 0 Å². The van der Waals surface area contributed by atoms with Crippen molar-refractivity contribution in [1.29, 1.82) is 0 Å². The molecular weight excluding hydrogens is 358 g/mol. The van der Waals surface area contributed by atoms with Gasteiger partial charge in [0.1, 0.15) is 11.1 Å². The van der Waals surface area contributed by atoms with E-state index in [9.17, 15) is 4.79 Å². The summed E-state index contributed by atoms with van der Waals surface area (Å²) in [6, 6.07) is 0. The Labute approximate surface area is 167 Å². The van der Waals surface area contributed by atoms with E-state index in [0.29, 0.717) is 5.92 Å². The summed E-state index contributed by atoms with van der Waals surface area (Å²) in [5, 5.41) is 0.865. The molecule has 0 aromatic carbocycles. The molecule has 1 aliphatic heterocycles. The molecule has 2 aliphatic rings. The first-order chi connectivity index (χ1) is 13.1. The normalized spacial score (nSPS) is 23.7. The largest absolute Gasteiger partial charge is 0.447 e. The Bertz CT molecular complexity index is 674. The van der Waals surface area contributed by atoms with Crippen molar-refractivity contribution in [3.63, 3.8) is 0 Å². The van der Waals surface area contributed by atoms with Crippen molar-refractivity contribution in [2.45, 2.75) is 120 Å². The van der Waals surface area contributed by atoms with E-state index in [0.717, 1.165) is 29.9 Å². The highest BCUT2D eigenvalue weighted by atomic mass is 32.2. The van der Waals surface area contributed by atoms with Gasteiger partial charge in [-0.25, -0.2) is 4.79 Å². The predicted octanol–water partition coefficient (Wildman–Crippen LogP) is 6.46. The fraction of sp³-hybridized carbons (Fsp3) is 0.818. The van der Waals surface area contributed by atoms with E-state index in [1.54, 1.807) is 11.8 Å².